The standard InChI is InChI=1S/C22H19F5N6O/c1-13-31-16(14-8-28-12-29-9-14)7-19(32-13)33-10-18(21(23,24)11-33)34-15-2-5-30-17(6-15)20(3-4-20)22(25,26)27/h2,5-9,12,18H,3-4,10-11H2,1H3/t18-/m0/s1/i8D,12D. The van der Waals surface area contributed by atoms with Crippen molar-refractivity contribution in [1.29, 1.82) is 0 Å². The van der Waals surface area contributed by atoms with Crippen LogP contribution in [0.2, 0.25) is 0 Å². The van der Waals surface area contributed by atoms with Crippen LogP contribution in [-0.4, -0.2) is 56.2 Å². The van der Waals surface area contributed by atoms with Crippen LogP contribution in [0.1, 0.15) is 27.1 Å². The summed E-state index contributed by atoms with van der Waals surface area (Å²) < 4.78 is 91.1. The summed E-state index contributed by atoms with van der Waals surface area (Å²) in [6.45, 7) is 0.528. The first-order valence-electron chi connectivity index (χ1n) is 11.4. The van der Waals surface area contributed by atoms with E-state index in [2.05, 4.69) is 24.9 Å². The monoisotopic (exact) mass is 480 g/mol. The summed E-state index contributed by atoms with van der Waals surface area (Å²) in [5.74, 6) is -3.04. The third-order valence-corrected chi connectivity index (χ3v) is 5.95. The van der Waals surface area contributed by atoms with Crippen molar-refractivity contribution in [1.82, 2.24) is 24.9 Å². The van der Waals surface area contributed by atoms with E-state index in [0.29, 0.717) is 0 Å². The first-order valence-corrected chi connectivity index (χ1v) is 10.4. The number of aromatic nitrogens is 5. The smallest absolute Gasteiger partial charge is 0.399 e. The highest BCUT2D eigenvalue weighted by molar-refractivity contribution is 5.61. The molecule has 34 heavy (non-hydrogen) atoms. The average Bonchev–Trinajstić information content (AvgIpc) is 3.55. The van der Waals surface area contributed by atoms with Crippen molar-refractivity contribution < 1.29 is 29.4 Å². The number of rotatable bonds is 5. The number of halogens is 5. The molecule has 178 valence electrons. The molecule has 1 aliphatic carbocycles. The van der Waals surface area contributed by atoms with Crippen LogP contribution in [0.3, 0.4) is 0 Å². The van der Waals surface area contributed by atoms with Crippen LogP contribution in [0.25, 0.3) is 11.3 Å². The Morgan fingerprint density at radius 1 is 1.18 bits per heavy atom. The number of pyridine rings is 1. The lowest BCUT2D eigenvalue weighted by Crippen LogP contribution is -2.36. The zero-order valence-corrected chi connectivity index (χ0v) is 17.8. The van der Waals surface area contributed by atoms with Gasteiger partial charge in [-0.25, -0.2) is 28.7 Å². The van der Waals surface area contributed by atoms with Gasteiger partial charge < -0.3 is 9.64 Å². The first-order chi connectivity index (χ1) is 16.9. The highest BCUT2D eigenvalue weighted by atomic mass is 19.4. The summed E-state index contributed by atoms with van der Waals surface area (Å²) in [5, 5.41) is 0. The molecule has 5 rings (SSSR count). The highest BCUT2D eigenvalue weighted by Crippen LogP contribution is 2.58. The molecule has 1 atom stereocenters. The Balaban J connectivity index is 1.39. The zero-order valence-electron chi connectivity index (χ0n) is 19.8. The molecular formula is C22H19F5N6O. The minimum absolute atomic E-state index is 0.106. The van der Waals surface area contributed by atoms with E-state index < -0.39 is 30.2 Å². The third kappa shape index (κ3) is 4.01. The SMILES string of the molecule is [2H]c1ncc(-c2cc(N3C[C@H](Oc4ccnc(C5(C(F)(F)F)CC5)c4)C(F)(F)C3)nc(C)n2)c([2H])n1. The molecule has 2 aliphatic rings. The fraction of sp³-hybridized carbons (Fsp3) is 0.409. The number of nitrogens with zero attached hydrogens (tertiary/aromatic N) is 6. The molecule has 0 bridgehead atoms. The van der Waals surface area contributed by atoms with Crippen LogP contribution >= 0.6 is 0 Å². The van der Waals surface area contributed by atoms with Crippen LogP contribution in [0.4, 0.5) is 27.8 Å². The fourth-order valence-corrected chi connectivity index (χ4v) is 3.98. The van der Waals surface area contributed by atoms with Gasteiger partial charge in [-0.3, -0.25) is 4.98 Å². The van der Waals surface area contributed by atoms with Crippen LogP contribution in [-0.2, 0) is 5.41 Å². The van der Waals surface area contributed by atoms with Crippen molar-refractivity contribution in [3.05, 3.63) is 54.6 Å². The van der Waals surface area contributed by atoms with Gasteiger partial charge in [0, 0.05) is 36.3 Å². The normalized spacial score (nSPS) is 21.7. The number of aryl methyl sites for hydroxylation is 1. The van der Waals surface area contributed by atoms with Gasteiger partial charge in [0.25, 0.3) is 0 Å². The lowest BCUT2D eigenvalue weighted by Gasteiger charge is -2.22. The topological polar surface area (TPSA) is 76.9 Å². The molecule has 12 heteroatoms. The molecule has 1 saturated heterocycles. The number of alkyl halides is 5. The summed E-state index contributed by atoms with van der Waals surface area (Å²) in [6, 6.07) is 3.75. The van der Waals surface area contributed by atoms with Gasteiger partial charge in [0.1, 0.15) is 30.5 Å². The Hall–Kier alpha value is -3.44. The van der Waals surface area contributed by atoms with E-state index in [-0.39, 0.29) is 66.2 Å². The van der Waals surface area contributed by atoms with E-state index >= 15 is 0 Å². The van der Waals surface area contributed by atoms with Gasteiger partial charge in [0.2, 0.25) is 0 Å². The van der Waals surface area contributed by atoms with Crippen molar-refractivity contribution in [3.8, 4) is 17.0 Å². The van der Waals surface area contributed by atoms with Crippen molar-refractivity contribution in [2.75, 3.05) is 18.0 Å². The zero-order chi connectivity index (χ0) is 25.9. The summed E-state index contributed by atoms with van der Waals surface area (Å²) in [5.41, 5.74) is -1.85. The number of hydrogen-bond acceptors (Lipinski definition) is 7. The average molecular weight is 480 g/mol. The summed E-state index contributed by atoms with van der Waals surface area (Å²) in [4.78, 5) is 21.0. The van der Waals surface area contributed by atoms with Gasteiger partial charge >= 0.3 is 12.1 Å². The van der Waals surface area contributed by atoms with E-state index in [1.807, 2.05) is 0 Å². The molecule has 4 heterocycles. The second-order valence-corrected chi connectivity index (χ2v) is 8.36. The maximum Gasteiger partial charge on any atom is 0.399 e. The van der Waals surface area contributed by atoms with E-state index in [0.717, 1.165) is 12.3 Å². The largest absolute Gasteiger partial charge is 0.482 e. The molecule has 3 aromatic heterocycles. The molecule has 0 spiro atoms. The molecule has 2 fully saturated rings. The molecule has 1 aliphatic heterocycles. The van der Waals surface area contributed by atoms with Gasteiger partial charge in [-0.2, -0.15) is 13.2 Å². The Kier molecular flexibility index (Phi) is 4.59. The molecule has 0 amide bonds. The Morgan fingerprint density at radius 3 is 2.68 bits per heavy atom. The molecular weight excluding hydrogens is 459 g/mol. The lowest BCUT2D eigenvalue weighted by atomic mass is 10.0. The van der Waals surface area contributed by atoms with Crippen molar-refractivity contribution in [2.24, 2.45) is 0 Å². The Bertz CT molecular complexity index is 1320. The second-order valence-electron chi connectivity index (χ2n) is 8.36. The van der Waals surface area contributed by atoms with E-state index in [1.165, 1.54) is 23.2 Å². The minimum Gasteiger partial charge on any atom is -0.482 e. The second kappa shape index (κ2) is 7.81. The molecule has 7 nitrogen and oxygen atoms in total. The summed E-state index contributed by atoms with van der Waals surface area (Å²) in [7, 11) is 0. The molecule has 1 saturated carbocycles. The van der Waals surface area contributed by atoms with E-state index in [9.17, 15) is 22.0 Å². The highest BCUT2D eigenvalue weighted by Gasteiger charge is 2.65. The molecule has 0 aromatic carbocycles. The number of ether oxygens (including phenoxy) is 1. The third-order valence-electron chi connectivity index (χ3n) is 5.95. The predicted octanol–water partition coefficient (Wildman–Crippen LogP) is 4.13. The molecule has 0 radical (unpaired) electrons. The Labute approximate surface area is 193 Å². The van der Waals surface area contributed by atoms with Crippen LogP contribution in [0.5, 0.6) is 5.75 Å². The van der Waals surface area contributed by atoms with E-state index in [1.54, 1.807) is 6.92 Å². The summed E-state index contributed by atoms with van der Waals surface area (Å²) in [6.07, 6.45) is -4.54. The number of anilines is 1. The van der Waals surface area contributed by atoms with Gasteiger partial charge in [-0.05, 0) is 25.8 Å². The van der Waals surface area contributed by atoms with Gasteiger partial charge in [0.05, 0.1) is 25.8 Å². The maximum absolute atomic E-state index is 14.9. The summed E-state index contributed by atoms with van der Waals surface area (Å²) >= 11 is 0. The first kappa shape index (κ1) is 20.0. The van der Waals surface area contributed by atoms with Crippen molar-refractivity contribution in [3.63, 3.8) is 0 Å². The molecule has 3 aromatic rings. The van der Waals surface area contributed by atoms with Crippen molar-refractivity contribution >= 4 is 5.82 Å². The predicted molar refractivity (Wildman–Crippen MR) is 111 cm³/mol. The quantitative estimate of drug-likeness (QED) is 0.508. The van der Waals surface area contributed by atoms with Crippen molar-refractivity contribution in [2.45, 2.75) is 43.4 Å². The van der Waals surface area contributed by atoms with Crippen LogP contribution in [0.15, 0.2) is 43.1 Å². The molecule has 0 unspecified atom stereocenters. The van der Waals surface area contributed by atoms with Gasteiger partial charge in [0.15, 0.2) is 6.10 Å². The molecule has 0 N–H and O–H groups in total. The van der Waals surface area contributed by atoms with Gasteiger partial charge in [-0.1, -0.05) is 0 Å². The van der Waals surface area contributed by atoms with E-state index in [4.69, 9.17) is 7.48 Å². The van der Waals surface area contributed by atoms with Crippen LogP contribution in [0, 0.1) is 6.92 Å². The minimum atomic E-state index is -4.49. The number of hydrogen-bond donors (Lipinski definition) is 0. The fourth-order valence-electron chi connectivity index (χ4n) is 3.98. The van der Waals surface area contributed by atoms with Crippen LogP contribution < -0.4 is 9.64 Å². The Morgan fingerprint density at radius 2 is 1.97 bits per heavy atom. The maximum atomic E-state index is 14.9. The van der Waals surface area contributed by atoms with Gasteiger partial charge in [-0.15, -0.1) is 0 Å². The lowest BCUT2D eigenvalue weighted by molar-refractivity contribution is -0.161.